The summed E-state index contributed by atoms with van der Waals surface area (Å²) in [6.07, 6.45) is 2.15. The second kappa shape index (κ2) is 7.91. The molecule has 1 aliphatic carbocycles. The number of benzene rings is 1. The Kier molecular flexibility index (Phi) is 5.19. The van der Waals surface area contributed by atoms with E-state index in [9.17, 15) is 18.0 Å². The Morgan fingerprint density at radius 1 is 1.22 bits per heavy atom. The molecule has 1 unspecified atom stereocenters. The van der Waals surface area contributed by atoms with Gasteiger partial charge in [0.05, 0.1) is 11.1 Å². The average Bonchev–Trinajstić information content (AvgIpc) is 3.46. The van der Waals surface area contributed by atoms with Crippen LogP contribution in [0.4, 0.5) is 19.1 Å². The number of amides is 1. The van der Waals surface area contributed by atoms with E-state index in [1.165, 1.54) is 24.5 Å². The minimum Gasteiger partial charge on any atom is -0.406 e. The van der Waals surface area contributed by atoms with Gasteiger partial charge in [-0.1, -0.05) is 6.07 Å². The third-order valence-electron chi connectivity index (χ3n) is 6.46. The second-order valence-electron chi connectivity index (χ2n) is 8.74. The standard InChI is InChI=1S/C22H24F3N5O2/c23-22(24,25)32-18-8-14(7-16(9-18)15-1-2-15)10-27-20-28-11-17(12-29-20)19(31)30-6-4-21(30)3-5-26-13-21/h7-9,11-12,15,26H,1-6,10,13H2,(H,27,28,29). The number of alkyl halides is 3. The molecule has 1 spiro atoms. The van der Waals surface area contributed by atoms with Gasteiger partial charge in [-0.25, -0.2) is 9.97 Å². The van der Waals surface area contributed by atoms with E-state index in [1.54, 1.807) is 0 Å². The molecule has 2 saturated heterocycles. The summed E-state index contributed by atoms with van der Waals surface area (Å²) in [5, 5.41) is 6.33. The van der Waals surface area contributed by atoms with Gasteiger partial charge in [-0.2, -0.15) is 0 Å². The fourth-order valence-electron chi connectivity index (χ4n) is 4.53. The largest absolute Gasteiger partial charge is 0.573 e. The van der Waals surface area contributed by atoms with E-state index >= 15 is 0 Å². The summed E-state index contributed by atoms with van der Waals surface area (Å²) in [5.41, 5.74) is 1.85. The summed E-state index contributed by atoms with van der Waals surface area (Å²) < 4.78 is 42.1. The third-order valence-corrected chi connectivity index (χ3v) is 6.46. The molecule has 3 fully saturated rings. The van der Waals surface area contributed by atoms with Crippen LogP contribution in [-0.4, -0.2) is 52.3 Å². The van der Waals surface area contributed by atoms with Crippen molar-refractivity contribution in [3.63, 3.8) is 0 Å². The Bertz CT molecular complexity index is 1000. The number of nitrogens with zero attached hydrogens (tertiary/aromatic N) is 3. The summed E-state index contributed by atoms with van der Waals surface area (Å²) in [5.74, 6) is 0.299. The summed E-state index contributed by atoms with van der Waals surface area (Å²) in [7, 11) is 0. The van der Waals surface area contributed by atoms with E-state index in [4.69, 9.17) is 0 Å². The van der Waals surface area contributed by atoms with Crippen molar-refractivity contribution in [2.45, 2.75) is 50.0 Å². The van der Waals surface area contributed by atoms with Crippen LogP contribution in [0.15, 0.2) is 30.6 Å². The lowest BCUT2D eigenvalue weighted by Crippen LogP contribution is -2.63. The molecule has 1 saturated carbocycles. The Morgan fingerprint density at radius 2 is 2.00 bits per heavy atom. The van der Waals surface area contributed by atoms with Gasteiger partial charge >= 0.3 is 6.36 Å². The van der Waals surface area contributed by atoms with Gasteiger partial charge in [0.1, 0.15) is 5.75 Å². The van der Waals surface area contributed by atoms with Crippen LogP contribution in [0.25, 0.3) is 0 Å². The quantitative estimate of drug-likeness (QED) is 0.706. The fraction of sp³-hybridized carbons (Fsp3) is 0.500. The molecule has 7 nitrogen and oxygen atoms in total. The minimum atomic E-state index is -4.73. The van der Waals surface area contributed by atoms with Gasteiger partial charge in [0, 0.05) is 32.0 Å². The monoisotopic (exact) mass is 447 g/mol. The highest BCUT2D eigenvalue weighted by Crippen LogP contribution is 2.42. The molecular formula is C22H24F3N5O2. The van der Waals surface area contributed by atoms with Crippen LogP contribution in [0.3, 0.4) is 0 Å². The summed E-state index contributed by atoms with van der Waals surface area (Å²) >= 11 is 0. The number of hydrogen-bond donors (Lipinski definition) is 2. The number of halogens is 3. The maximum atomic E-state index is 12.8. The number of anilines is 1. The van der Waals surface area contributed by atoms with Crippen LogP contribution in [-0.2, 0) is 6.54 Å². The number of nitrogens with one attached hydrogen (secondary N) is 2. The van der Waals surface area contributed by atoms with Gasteiger partial charge in [-0.3, -0.25) is 4.79 Å². The van der Waals surface area contributed by atoms with Crippen LogP contribution in [0.1, 0.15) is 53.1 Å². The molecule has 1 aromatic carbocycles. The lowest BCUT2D eigenvalue weighted by atomic mass is 9.83. The lowest BCUT2D eigenvalue weighted by molar-refractivity contribution is -0.274. The van der Waals surface area contributed by atoms with Crippen molar-refractivity contribution in [1.29, 1.82) is 0 Å². The normalized spacial score (nSPS) is 22.7. The van der Waals surface area contributed by atoms with Gasteiger partial charge in [0.2, 0.25) is 5.95 Å². The predicted molar refractivity (Wildman–Crippen MR) is 110 cm³/mol. The number of rotatable bonds is 6. The first-order valence-corrected chi connectivity index (χ1v) is 10.8. The summed E-state index contributed by atoms with van der Waals surface area (Å²) in [4.78, 5) is 23.2. The van der Waals surface area contributed by atoms with Gasteiger partial charge in [-0.15, -0.1) is 13.2 Å². The van der Waals surface area contributed by atoms with E-state index in [0.29, 0.717) is 17.1 Å². The molecule has 2 N–H and O–H groups in total. The Labute approximate surface area is 183 Å². The van der Waals surface area contributed by atoms with Gasteiger partial charge in [0.25, 0.3) is 5.91 Å². The fourth-order valence-corrected chi connectivity index (χ4v) is 4.53. The van der Waals surface area contributed by atoms with Crippen LogP contribution in [0.2, 0.25) is 0 Å². The average molecular weight is 447 g/mol. The molecule has 2 aliphatic heterocycles. The molecular weight excluding hydrogens is 423 g/mol. The van der Waals surface area contributed by atoms with Crippen LogP contribution in [0, 0.1) is 0 Å². The molecule has 0 radical (unpaired) electrons. The third kappa shape index (κ3) is 4.36. The van der Waals surface area contributed by atoms with Gasteiger partial charge in [-0.05, 0) is 61.4 Å². The highest BCUT2D eigenvalue weighted by molar-refractivity contribution is 5.95. The molecule has 1 amide bonds. The van der Waals surface area contributed by atoms with E-state index in [0.717, 1.165) is 50.9 Å². The summed E-state index contributed by atoms with van der Waals surface area (Å²) in [6.45, 7) is 2.71. The maximum Gasteiger partial charge on any atom is 0.573 e. The van der Waals surface area contributed by atoms with E-state index in [1.807, 2.05) is 11.0 Å². The molecule has 5 rings (SSSR count). The van der Waals surface area contributed by atoms with Crippen molar-refractivity contribution in [2.75, 3.05) is 25.0 Å². The number of aromatic nitrogens is 2. The Balaban J connectivity index is 1.24. The Hall–Kier alpha value is -2.88. The van der Waals surface area contributed by atoms with Crippen LogP contribution in [0.5, 0.6) is 5.75 Å². The van der Waals surface area contributed by atoms with Crippen LogP contribution < -0.4 is 15.4 Å². The first-order valence-electron chi connectivity index (χ1n) is 10.8. The molecule has 0 bridgehead atoms. The van der Waals surface area contributed by atoms with Crippen molar-refractivity contribution in [1.82, 2.24) is 20.2 Å². The van der Waals surface area contributed by atoms with Crippen molar-refractivity contribution in [3.05, 3.63) is 47.3 Å². The molecule has 1 aromatic heterocycles. The molecule has 3 heterocycles. The number of carbonyl (C=O) groups is 1. The highest BCUT2D eigenvalue weighted by Gasteiger charge is 2.49. The van der Waals surface area contributed by atoms with Crippen molar-refractivity contribution >= 4 is 11.9 Å². The zero-order valence-corrected chi connectivity index (χ0v) is 17.4. The maximum absolute atomic E-state index is 12.8. The Morgan fingerprint density at radius 3 is 2.59 bits per heavy atom. The molecule has 32 heavy (non-hydrogen) atoms. The molecule has 170 valence electrons. The number of likely N-dealkylation sites (tertiary alicyclic amines) is 1. The zero-order chi connectivity index (χ0) is 22.3. The lowest BCUT2D eigenvalue weighted by Gasteiger charge is -2.50. The zero-order valence-electron chi connectivity index (χ0n) is 17.4. The first kappa shape index (κ1) is 21.0. The SMILES string of the molecule is O=C(c1cnc(NCc2cc(OC(F)(F)F)cc(C3CC3)c2)nc1)N1CCC12CCNC2. The van der Waals surface area contributed by atoms with Crippen LogP contribution >= 0.6 is 0 Å². The number of hydrogen-bond acceptors (Lipinski definition) is 6. The van der Waals surface area contributed by atoms with E-state index in [2.05, 4.69) is 25.3 Å². The molecule has 2 aromatic rings. The van der Waals surface area contributed by atoms with Crippen molar-refractivity contribution in [3.8, 4) is 5.75 Å². The predicted octanol–water partition coefficient (Wildman–Crippen LogP) is 3.44. The van der Waals surface area contributed by atoms with E-state index < -0.39 is 6.36 Å². The first-order chi connectivity index (χ1) is 15.3. The molecule has 10 heteroatoms. The van der Waals surface area contributed by atoms with Crippen molar-refractivity contribution < 1.29 is 22.7 Å². The topological polar surface area (TPSA) is 79.4 Å². The smallest absolute Gasteiger partial charge is 0.406 e. The molecule has 1 atom stereocenters. The number of ether oxygens (including phenoxy) is 1. The van der Waals surface area contributed by atoms with Gasteiger partial charge in [0.15, 0.2) is 0 Å². The highest BCUT2D eigenvalue weighted by atomic mass is 19.4. The molecule has 3 aliphatic rings. The minimum absolute atomic E-state index is 0.0717. The second-order valence-corrected chi connectivity index (χ2v) is 8.74. The van der Waals surface area contributed by atoms with Crippen molar-refractivity contribution in [2.24, 2.45) is 0 Å². The van der Waals surface area contributed by atoms with Gasteiger partial charge < -0.3 is 20.3 Å². The number of carbonyl (C=O) groups excluding carboxylic acids is 1. The summed E-state index contributed by atoms with van der Waals surface area (Å²) in [6, 6.07) is 4.70. The van der Waals surface area contributed by atoms with E-state index in [-0.39, 0.29) is 29.7 Å².